The molecule has 0 radical (unpaired) electrons. The highest BCUT2D eigenvalue weighted by molar-refractivity contribution is 7.80. The lowest BCUT2D eigenvalue weighted by Gasteiger charge is -2.25. The Hall–Kier alpha value is -1.92. The number of hydrogen-bond acceptors (Lipinski definition) is 3. The third kappa shape index (κ3) is 7.44. The minimum Gasteiger partial charge on any atom is -0.362 e. The molecule has 29 heavy (non-hydrogen) atoms. The highest BCUT2D eigenvalue weighted by atomic mass is 32.1. The zero-order valence-corrected chi connectivity index (χ0v) is 18.4. The van der Waals surface area contributed by atoms with E-state index in [2.05, 4.69) is 38.6 Å². The molecule has 1 aromatic rings. The average molecular weight is 415 g/mol. The molecule has 158 valence electrons. The first-order valence-electron chi connectivity index (χ1n) is 10.9. The van der Waals surface area contributed by atoms with Gasteiger partial charge < -0.3 is 15.5 Å². The summed E-state index contributed by atoms with van der Waals surface area (Å²) >= 11 is 5.66. The van der Waals surface area contributed by atoms with Gasteiger partial charge in [0.25, 0.3) is 0 Å². The molecule has 1 amide bonds. The molecule has 0 bridgehead atoms. The van der Waals surface area contributed by atoms with Crippen molar-refractivity contribution in [3.8, 4) is 0 Å². The molecule has 0 atom stereocenters. The Bertz CT molecular complexity index is 716. The minimum absolute atomic E-state index is 0.0367. The van der Waals surface area contributed by atoms with Crippen molar-refractivity contribution in [3.63, 3.8) is 0 Å². The van der Waals surface area contributed by atoms with E-state index in [0.717, 1.165) is 62.9 Å². The summed E-state index contributed by atoms with van der Waals surface area (Å²) in [4.78, 5) is 16.0. The smallest absolute Gasteiger partial charge is 0.221 e. The Kier molecular flexibility index (Phi) is 8.50. The van der Waals surface area contributed by atoms with E-state index in [9.17, 15) is 4.79 Å². The second-order valence-corrected chi connectivity index (χ2v) is 8.47. The number of nitrogens with zero attached hydrogens (tertiary/aromatic N) is 2. The van der Waals surface area contributed by atoms with Crippen LogP contribution in [0.5, 0.6) is 0 Å². The van der Waals surface area contributed by atoms with Crippen molar-refractivity contribution >= 4 is 28.9 Å². The first kappa shape index (κ1) is 21.8. The number of rotatable bonds is 6. The third-order valence-corrected chi connectivity index (χ3v) is 6.07. The Balaban J connectivity index is 1.40. The van der Waals surface area contributed by atoms with E-state index in [4.69, 9.17) is 12.2 Å². The van der Waals surface area contributed by atoms with E-state index >= 15 is 0 Å². The average Bonchev–Trinajstić information content (AvgIpc) is 2.95. The van der Waals surface area contributed by atoms with Crippen molar-refractivity contribution in [1.29, 1.82) is 0 Å². The lowest BCUT2D eigenvalue weighted by Crippen LogP contribution is -2.42. The molecule has 1 heterocycles. The van der Waals surface area contributed by atoms with Gasteiger partial charge in [0, 0.05) is 51.9 Å². The van der Waals surface area contributed by atoms with Gasteiger partial charge in [-0.1, -0.05) is 23.8 Å². The van der Waals surface area contributed by atoms with E-state index in [1.807, 2.05) is 12.1 Å². The fraction of sp³-hybridized carbons (Fsp3) is 0.565. The predicted molar refractivity (Wildman–Crippen MR) is 124 cm³/mol. The monoisotopic (exact) mass is 414 g/mol. The van der Waals surface area contributed by atoms with Gasteiger partial charge in [-0.05, 0) is 68.4 Å². The molecule has 0 spiro atoms. The number of allylic oxidation sites excluding steroid dienone is 1. The molecule has 2 aliphatic rings. The van der Waals surface area contributed by atoms with Crippen LogP contribution in [0.4, 0.5) is 5.69 Å². The Labute approximate surface area is 180 Å². The first-order chi connectivity index (χ1) is 14.1. The molecular weight excluding hydrogens is 380 g/mol. The number of benzene rings is 1. The summed E-state index contributed by atoms with van der Waals surface area (Å²) in [6.07, 6.45) is 9.86. The number of carbonyl (C=O) groups excluding carboxylic acids is 1. The van der Waals surface area contributed by atoms with Crippen molar-refractivity contribution in [2.24, 2.45) is 0 Å². The van der Waals surface area contributed by atoms with Crippen LogP contribution in [0, 0.1) is 0 Å². The van der Waals surface area contributed by atoms with E-state index in [0.29, 0.717) is 0 Å². The Morgan fingerprint density at radius 3 is 2.62 bits per heavy atom. The van der Waals surface area contributed by atoms with Gasteiger partial charge in [0.05, 0.1) is 0 Å². The molecule has 0 unspecified atom stereocenters. The van der Waals surface area contributed by atoms with Gasteiger partial charge in [0.1, 0.15) is 0 Å². The van der Waals surface area contributed by atoms with Crippen molar-refractivity contribution in [2.75, 3.05) is 38.0 Å². The number of amides is 1. The van der Waals surface area contributed by atoms with E-state index < -0.39 is 0 Å². The van der Waals surface area contributed by atoms with Gasteiger partial charge in [-0.15, -0.1) is 0 Å². The molecule has 5 nitrogen and oxygen atoms in total. The summed E-state index contributed by atoms with van der Waals surface area (Å²) in [5, 5.41) is 7.20. The standard InChI is InChI=1S/C23H34N4OS/c1-19(28)25-22-10-8-21(9-11-22)18-26-14-5-15-27(17-16-26)23(29)24-13-12-20-6-3-2-4-7-20/h6,8-11H,2-5,7,12-18H2,1H3,(H,24,29)(H,25,28). The molecule has 6 heteroatoms. The maximum Gasteiger partial charge on any atom is 0.221 e. The Morgan fingerprint density at radius 1 is 1.07 bits per heavy atom. The van der Waals surface area contributed by atoms with Gasteiger partial charge in [-0.25, -0.2) is 0 Å². The molecule has 1 aromatic carbocycles. The summed E-state index contributed by atoms with van der Waals surface area (Å²) in [5.41, 5.74) is 3.72. The minimum atomic E-state index is -0.0367. The first-order valence-corrected chi connectivity index (χ1v) is 11.3. The van der Waals surface area contributed by atoms with E-state index in [1.54, 1.807) is 5.57 Å². The Morgan fingerprint density at radius 2 is 1.90 bits per heavy atom. The second-order valence-electron chi connectivity index (χ2n) is 8.08. The largest absolute Gasteiger partial charge is 0.362 e. The summed E-state index contributed by atoms with van der Waals surface area (Å²) < 4.78 is 0. The van der Waals surface area contributed by atoms with Crippen LogP contribution in [0.15, 0.2) is 35.9 Å². The molecule has 1 aliphatic carbocycles. The number of nitrogens with one attached hydrogen (secondary N) is 2. The molecular formula is C23H34N4OS. The quantitative estimate of drug-likeness (QED) is 0.546. The lowest BCUT2D eigenvalue weighted by molar-refractivity contribution is -0.114. The van der Waals surface area contributed by atoms with Crippen LogP contribution in [-0.4, -0.2) is 53.5 Å². The van der Waals surface area contributed by atoms with Gasteiger partial charge >= 0.3 is 0 Å². The lowest BCUT2D eigenvalue weighted by atomic mass is 9.97. The number of carbonyl (C=O) groups is 1. The van der Waals surface area contributed by atoms with Crippen LogP contribution in [0.2, 0.25) is 0 Å². The summed E-state index contributed by atoms with van der Waals surface area (Å²) in [6.45, 7) is 7.50. The number of hydrogen-bond donors (Lipinski definition) is 2. The van der Waals surface area contributed by atoms with Crippen LogP contribution < -0.4 is 10.6 Å². The van der Waals surface area contributed by atoms with Crippen molar-refractivity contribution in [1.82, 2.24) is 15.1 Å². The fourth-order valence-electron chi connectivity index (χ4n) is 4.06. The highest BCUT2D eigenvalue weighted by Gasteiger charge is 2.17. The van der Waals surface area contributed by atoms with Gasteiger partial charge in [0.15, 0.2) is 5.11 Å². The van der Waals surface area contributed by atoms with Crippen molar-refractivity contribution in [3.05, 3.63) is 41.5 Å². The predicted octanol–water partition coefficient (Wildman–Crippen LogP) is 3.92. The summed E-state index contributed by atoms with van der Waals surface area (Å²) in [6, 6.07) is 8.14. The van der Waals surface area contributed by atoms with Crippen LogP contribution in [0.3, 0.4) is 0 Å². The molecule has 3 rings (SSSR count). The van der Waals surface area contributed by atoms with Crippen LogP contribution in [-0.2, 0) is 11.3 Å². The van der Waals surface area contributed by atoms with Crippen molar-refractivity contribution < 1.29 is 4.79 Å². The SMILES string of the molecule is CC(=O)Nc1ccc(CN2CCCN(C(=S)NCCC3=CCCCC3)CC2)cc1. The van der Waals surface area contributed by atoms with Crippen LogP contribution >= 0.6 is 12.2 Å². The van der Waals surface area contributed by atoms with E-state index in [1.165, 1.54) is 38.2 Å². The number of thiocarbonyl (C=S) groups is 1. The van der Waals surface area contributed by atoms with Gasteiger partial charge in [-0.2, -0.15) is 0 Å². The molecule has 1 aliphatic heterocycles. The zero-order valence-electron chi connectivity index (χ0n) is 17.6. The maximum absolute atomic E-state index is 11.1. The van der Waals surface area contributed by atoms with Crippen molar-refractivity contribution in [2.45, 2.75) is 52.0 Å². The third-order valence-electron chi connectivity index (χ3n) is 5.66. The fourth-order valence-corrected chi connectivity index (χ4v) is 4.35. The van der Waals surface area contributed by atoms with E-state index in [-0.39, 0.29) is 5.91 Å². The second kappa shape index (κ2) is 11.3. The maximum atomic E-state index is 11.1. The summed E-state index contributed by atoms with van der Waals surface area (Å²) in [7, 11) is 0. The van der Waals surface area contributed by atoms with Crippen LogP contribution in [0.1, 0.15) is 51.0 Å². The molecule has 1 fully saturated rings. The van der Waals surface area contributed by atoms with Gasteiger partial charge in [-0.3, -0.25) is 9.69 Å². The molecule has 0 aromatic heterocycles. The molecule has 0 saturated carbocycles. The number of anilines is 1. The zero-order chi connectivity index (χ0) is 20.5. The molecule has 2 N–H and O–H groups in total. The molecule has 1 saturated heterocycles. The summed E-state index contributed by atoms with van der Waals surface area (Å²) in [5.74, 6) is -0.0367. The topological polar surface area (TPSA) is 47.6 Å². The highest BCUT2D eigenvalue weighted by Crippen LogP contribution is 2.19. The van der Waals surface area contributed by atoms with Gasteiger partial charge in [0.2, 0.25) is 5.91 Å². The van der Waals surface area contributed by atoms with Crippen LogP contribution in [0.25, 0.3) is 0 Å². The normalized spacial score (nSPS) is 18.0.